The number of nitrogens with two attached hydrogens (primary N) is 1. The third-order valence-corrected chi connectivity index (χ3v) is 2.95. The molecule has 1 amide bonds. The van der Waals surface area contributed by atoms with E-state index in [1.165, 1.54) is 0 Å². The Hall–Kier alpha value is -1.35. The summed E-state index contributed by atoms with van der Waals surface area (Å²) in [6.07, 6.45) is 2.27. The number of aryl methyl sites for hydroxylation is 1. The van der Waals surface area contributed by atoms with Crippen molar-refractivity contribution in [3.05, 3.63) is 35.4 Å². The summed E-state index contributed by atoms with van der Waals surface area (Å²) in [4.78, 5) is 10.9. The van der Waals surface area contributed by atoms with Crippen LogP contribution in [0, 0.1) is 0 Å². The molecule has 1 unspecified atom stereocenters. The molecule has 0 aliphatic rings. The number of carbonyl (C=O) groups is 1. The van der Waals surface area contributed by atoms with Gasteiger partial charge in [-0.1, -0.05) is 19.1 Å². The molecule has 0 spiro atoms. The van der Waals surface area contributed by atoms with E-state index in [4.69, 9.17) is 5.73 Å². The fraction of sp³-hybridized carbons (Fsp3) is 0.462. The van der Waals surface area contributed by atoms with Crippen LogP contribution in [-0.4, -0.2) is 16.6 Å². The third-order valence-electron chi connectivity index (χ3n) is 2.95. The highest BCUT2D eigenvalue weighted by atomic mass is 16.3. The summed E-state index contributed by atoms with van der Waals surface area (Å²) in [6, 6.07) is 7.20. The van der Waals surface area contributed by atoms with E-state index in [2.05, 4.69) is 0 Å². The van der Waals surface area contributed by atoms with E-state index in [-0.39, 0.29) is 0 Å². The lowest BCUT2D eigenvalue weighted by molar-refractivity contribution is 0.0473. The summed E-state index contributed by atoms with van der Waals surface area (Å²) in [5.74, 6) is -0.410. The van der Waals surface area contributed by atoms with E-state index in [0.29, 0.717) is 5.56 Å². The van der Waals surface area contributed by atoms with Gasteiger partial charge >= 0.3 is 0 Å². The van der Waals surface area contributed by atoms with Crippen molar-refractivity contribution in [3.63, 3.8) is 0 Å². The average Bonchev–Trinajstić information content (AvgIpc) is 2.27. The summed E-state index contributed by atoms with van der Waals surface area (Å²) in [7, 11) is 0. The van der Waals surface area contributed by atoms with Gasteiger partial charge in [0.15, 0.2) is 0 Å². The normalized spacial score (nSPS) is 14.4. The van der Waals surface area contributed by atoms with E-state index < -0.39 is 11.5 Å². The predicted molar refractivity (Wildman–Crippen MR) is 64.2 cm³/mol. The second kappa shape index (κ2) is 5.12. The second-order valence-corrected chi connectivity index (χ2v) is 4.41. The van der Waals surface area contributed by atoms with Gasteiger partial charge in [0, 0.05) is 5.56 Å². The molecule has 1 aromatic rings. The molecule has 1 atom stereocenters. The van der Waals surface area contributed by atoms with Gasteiger partial charge in [-0.25, -0.2) is 0 Å². The first-order chi connectivity index (χ1) is 7.44. The minimum atomic E-state index is -0.609. The Morgan fingerprint density at radius 3 is 2.38 bits per heavy atom. The second-order valence-electron chi connectivity index (χ2n) is 4.41. The lowest BCUT2D eigenvalue weighted by Crippen LogP contribution is -2.23. The van der Waals surface area contributed by atoms with Crippen molar-refractivity contribution in [3.8, 4) is 0 Å². The maximum Gasteiger partial charge on any atom is 0.248 e. The van der Waals surface area contributed by atoms with Gasteiger partial charge in [0.1, 0.15) is 0 Å². The van der Waals surface area contributed by atoms with Crippen LogP contribution in [0.1, 0.15) is 42.6 Å². The van der Waals surface area contributed by atoms with Crippen LogP contribution in [0.5, 0.6) is 0 Å². The molecule has 16 heavy (non-hydrogen) atoms. The van der Waals surface area contributed by atoms with Gasteiger partial charge in [0.05, 0.1) is 5.60 Å². The first-order valence-electron chi connectivity index (χ1n) is 5.56. The smallest absolute Gasteiger partial charge is 0.248 e. The van der Waals surface area contributed by atoms with E-state index in [1.54, 1.807) is 12.1 Å². The Kier molecular flexibility index (Phi) is 4.07. The molecule has 0 aliphatic heterocycles. The van der Waals surface area contributed by atoms with Crippen LogP contribution in [0.4, 0.5) is 0 Å². The van der Waals surface area contributed by atoms with Gasteiger partial charge in [0.2, 0.25) is 5.91 Å². The molecule has 1 rings (SSSR count). The molecule has 3 nitrogen and oxygen atoms in total. The molecular formula is C13H19NO2. The molecule has 0 aliphatic carbocycles. The molecule has 0 heterocycles. The summed E-state index contributed by atoms with van der Waals surface area (Å²) in [5.41, 5.74) is 6.17. The Morgan fingerprint density at radius 1 is 1.38 bits per heavy atom. The summed E-state index contributed by atoms with van der Waals surface area (Å²) >= 11 is 0. The molecule has 88 valence electrons. The molecule has 0 saturated heterocycles. The first-order valence-corrected chi connectivity index (χ1v) is 5.56. The third kappa shape index (κ3) is 3.66. The zero-order valence-electron chi connectivity index (χ0n) is 9.86. The molecule has 3 N–H and O–H groups in total. The van der Waals surface area contributed by atoms with Crippen LogP contribution in [0.3, 0.4) is 0 Å². The minimum absolute atomic E-state index is 0.410. The van der Waals surface area contributed by atoms with E-state index in [9.17, 15) is 9.90 Å². The number of hydrogen-bond acceptors (Lipinski definition) is 2. The van der Waals surface area contributed by atoms with Crippen molar-refractivity contribution >= 4 is 5.91 Å². The average molecular weight is 221 g/mol. The molecule has 0 radical (unpaired) electrons. The van der Waals surface area contributed by atoms with Crippen LogP contribution >= 0.6 is 0 Å². The molecule has 0 aromatic heterocycles. The van der Waals surface area contributed by atoms with Gasteiger partial charge < -0.3 is 10.8 Å². The fourth-order valence-corrected chi connectivity index (χ4v) is 1.43. The highest BCUT2D eigenvalue weighted by Gasteiger charge is 2.16. The predicted octanol–water partition coefficient (Wildman–Crippen LogP) is 1.88. The molecule has 0 saturated carbocycles. The number of amides is 1. The van der Waals surface area contributed by atoms with Crippen molar-refractivity contribution in [2.45, 2.75) is 38.7 Å². The molecule has 0 fully saturated rings. The van der Waals surface area contributed by atoms with Gasteiger partial charge in [-0.05, 0) is 43.9 Å². The SMILES string of the molecule is CCC(C)(O)CCc1ccc(C(N)=O)cc1. The number of aliphatic hydroxyl groups is 1. The highest BCUT2D eigenvalue weighted by Crippen LogP contribution is 2.17. The monoisotopic (exact) mass is 221 g/mol. The van der Waals surface area contributed by atoms with Crippen LogP contribution in [0.2, 0.25) is 0 Å². The van der Waals surface area contributed by atoms with Crippen LogP contribution in [0.15, 0.2) is 24.3 Å². The van der Waals surface area contributed by atoms with Gasteiger partial charge in [0.25, 0.3) is 0 Å². The van der Waals surface area contributed by atoms with Gasteiger partial charge in [-0.3, -0.25) is 4.79 Å². The molecule has 3 heteroatoms. The maximum absolute atomic E-state index is 10.9. The molecular weight excluding hydrogens is 202 g/mol. The molecule has 0 bridgehead atoms. The Morgan fingerprint density at radius 2 is 1.94 bits per heavy atom. The largest absolute Gasteiger partial charge is 0.390 e. The summed E-state index contributed by atoms with van der Waals surface area (Å²) in [6.45, 7) is 3.81. The Balaban J connectivity index is 2.59. The number of benzene rings is 1. The highest BCUT2D eigenvalue weighted by molar-refractivity contribution is 5.92. The first kappa shape index (κ1) is 12.7. The number of primary amides is 1. The number of hydrogen-bond donors (Lipinski definition) is 2. The van der Waals surface area contributed by atoms with E-state index in [0.717, 1.165) is 24.8 Å². The fourth-order valence-electron chi connectivity index (χ4n) is 1.43. The topological polar surface area (TPSA) is 63.3 Å². The molecule has 1 aromatic carbocycles. The van der Waals surface area contributed by atoms with Crippen molar-refractivity contribution < 1.29 is 9.90 Å². The number of rotatable bonds is 5. The number of carbonyl (C=O) groups excluding carboxylic acids is 1. The standard InChI is InChI=1S/C13H19NO2/c1-3-13(2,16)9-8-10-4-6-11(7-5-10)12(14)15/h4-7,16H,3,8-9H2,1-2H3,(H2,14,15). The van der Waals surface area contributed by atoms with Crippen molar-refractivity contribution in [1.82, 2.24) is 0 Å². The maximum atomic E-state index is 10.9. The summed E-state index contributed by atoms with van der Waals surface area (Å²) < 4.78 is 0. The lowest BCUT2D eigenvalue weighted by Gasteiger charge is -2.20. The van der Waals surface area contributed by atoms with Gasteiger partial charge in [-0.2, -0.15) is 0 Å². The zero-order valence-corrected chi connectivity index (χ0v) is 9.86. The van der Waals surface area contributed by atoms with Crippen LogP contribution < -0.4 is 5.73 Å². The summed E-state index contributed by atoms with van der Waals surface area (Å²) in [5, 5.41) is 9.85. The zero-order chi connectivity index (χ0) is 12.2. The van der Waals surface area contributed by atoms with Crippen LogP contribution in [-0.2, 0) is 6.42 Å². The Bertz CT molecular complexity index is 355. The minimum Gasteiger partial charge on any atom is -0.390 e. The van der Waals surface area contributed by atoms with E-state index >= 15 is 0 Å². The van der Waals surface area contributed by atoms with Crippen molar-refractivity contribution in [2.75, 3.05) is 0 Å². The van der Waals surface area contributed by atoms with Crippen molar-refractivity contribution in [1.29, 1.82) is 0 Å². The lowest BCUT2D eigenvalue weighted by atomic mass is 9.94. The quantitative estimate of drug-likeness (QED) is 0.797. The van der Waals surface area contributed by atoms with Crippen molar-refractivity contribution in [2.24, 2.45) is 5.73 Å². The van der Waals surface area contributed by atoms with E-state index in [1.807, 2.05) is 26.0 Å². The Labute approximate surface area is 96.3 Å². The van der Waals surface area contributed by atoms with Gasteiger partial charge in [-0.15, -0.1) is 0 Å². The van der Waals surface area contributed by atoms with Crippen LogP contribution in [0.25, 0.3) is 0 Å².